The van der Waals surface area contributed by atoms with Crippen LogP contribution in [0, 0.1) is 0 Å². The van der Waals surface area contributed by atoms with Crippen molar-refractivity contribution < 1.29 is 9.21 Å². The maximum Gasteiger partial charge on any atom is 0.267 e. The van der Waals surface area contributed by atoms with Crippen LogP contribution in [0.3, 0.4) is 0 Å². The molecule has 1 amide bonds. The minimum atomic E-state index is 0.0196. The summed E-state index contributed by atoms with van der Waals surface area (Å²) in [5.41, 5.74) is 0.808. The Morgan fingerprint density at radius 2 is 2.31 bits per heavy atom. The zero-order valence-corrected chi connectivity index (χ0v) is 16.1. The largest absolute Gasteiger partial charge is 0.420 e. The lowest BCUT2D eigenvalue weighted by Crippen LogP contribution is -2.39. The molecule has 0 spiro atoms. The van der Waals surface area contributed by atoms with Crippen molar-refractivity contribution in [3.8, 4) is 10.8 Å². The zero-order valence-electron chi connectivity index (χ0n) is 14.4. The number of piperidine rings is 1. The minimum absolute atomic E-state index is 0.0196. The molecule has 0 N–H and O–H groups in total. The van der Waals surface area contributed by atoms with Crippen molar-refractivity contribution >= 4 is 28.8 Å². The standard InChI is InChI=1S/C17H19N5O2S2/c1-2-5-12-14(26-21-18-12)17(23)22-8-3-6-11(10-22)15-19-20-16(24-15)13-7-4-9-25-13/h4,7,9,11H,2-3,5-6,8,10H2,1H3. The first-order valence-electron chi connectivity index (χ1n) is 8.74. The summed E-state index contributed by atoms with van der Waals surface area (Å²) < 4.78 is 9.85. The summed E-state index contributed by atoms with van der Waals surface area (Å²) in [4.78, 5) is 16.4. The fraction of sp³-hybridized carbons (Fsp3) is 0.471. The number of likely N-dealkylation sites (tertiary alicyclic amines) is 1. The van der Waals surface area contributed by atoms with Gasteiger partial charge in [-0.25, -0.2) is 0 Å². The number of nitrogens with zero attached hydrogens (tertiary/aromatic N) is 5. The van der Waals surface area contributed by atoms with E-state index in [1.807, 2.05) is 22.4 Å². The van der Waals surface area contributed by atoms with Crippen LogP contribution in [0.1, 0.15) is 53.4 Å². The monoisotopic (exact) mass is 389 g/mol. The summed E-state index contributed by atoms with van der Waals surface area (Å²) in [5.74, 6) is 1.26. The summed E-state index contributed by atoms with van der Waals surface area (Å²) in [5, 5.41) is 14.5. The Bertz CT molecular complexity index is 873. The molecule has 0 bridgehead atoms. The fourth-order valence-electron chi connectivity index (χ4n) is 3.18. The molecule has 0 aliphatic carbocycles. The summed E-state index contributed by atoms with van der Waals surface area (Å²) >= 11 is 2.76. The number of rotatable bonds is 5. The van der Waals surface area contributed by atoms with Crippen LogP contribution in [0.25, 0.3) is 10.8 Å². The Kier molecular flexibility index (Phi) is 5.07. The van der Waals surface area contributed by atoms with E-state index in [2.05, 4.69) is 26.7 Å². The van der Waals surface area contributed by atoms with Gasteiger partial charge in [0.25, 0.3) is 11.8 Å². The van der Waals surface area contributed by atoms with Crippen LogP contribution < -0.4 is 0 Å². The second-order valence-corrected chi connectivity index (χ2v) is 8.01. The molecule has 3 aromatic rings. The lowest BCUT2D eigenvalue weighted by atomic mass is 9.98. The second kappa shape index (κ2) is 7.63. The molecule has 1 atom stereocenters. The van der Waals surface area contributed by atoms with E-state index < -0.39 is 0 Å². The molecule has 9 heteroatoms. The maximum atomic E-state index is 12.9. The van der Waals surface area contributed by atoms with Crippen molar-refractivity contribution in [2.45, 2.75) is 38.5 Å². The highest BCUT2D eigenvalue weighted by Crippen LogP contribution is 2.31. The van der Waals surface area contributed by atoms with Gasteiger partial charge in [-0.1, -0.05) is 23.9 Å². The number of aromatic nitrogens is 4. The van der Waals surface area contributed by atoms with Crippen LogP contribution in [0.4, 0.5) is 0 Å². The summed E-state index contributed by atoms with van der Waals surface area (Å²) in [6.45, 7) is 3.41. The molecule has 1 unspecified atom stereocenters. The molecular weight excluding hydrogens is 370 g/mol. The van der Waals surface area contributed by atoms with Crippen LogP contribution in [0.5, 0.6) is 0 Å². The number of thiophene rings is 1. The third-order valence-corrected chi connectivity index (χ3v) is 6.08. The first-order chi connectivity index (χ1) is 12.8. The molecule has 26 heavy (non-hydrogen) atoms. The third kappa shape index (κ3) is 3.41. The van der Waals surface area contributed by atoms with Gasteiger partial charge in [0.1, 0.15) is 4.88 Å². The van der Waals surface area contributed by atoms with E-state index in [1.54, 1.807) is 11.3 Å². The molecule has 1 aliphatic rings. The quantitative estimate of drug-likeness (QED) is 0.662. The average molecular weight is 390 g/mol. The van der Waals surface area contributed by atoms with E-state index >= 15 is 0 Å². The van der Waals surface area contributed by atoms with Crippen LogP contribution in [-0.4, -0.2) is 43.7 Å². The molecule has 4 rings (SSSR count). The Morgan fingerprint density at radius 1 is 1.38 bits per heavy atom. The SMILES string of the molecule is CCCc1nnsc1C(=O)N1CCCC(c2nnc(-c3cccs3)o2)C1. The van der Waals surface area contributed by atoms with E-state index in [1.165, 1.54) is 11.5 Å². The Balaban J connectivity index is 1.49. The van der Waals surface area contributed by atoms with Crippen LogP contribution in [0.2, 0.25) is 0 Å². The molecule has 1 aliphatic heterocycles. The third-order valence-electron chi connectivity index (χ3n) is 4.47. The number of amides is 1. The number of hydrogen-bond donors (Lipinski definition) is 0. The van der Waals surface area contributed by atoms with Crippen molar-refractivity contribution in [3.05, 3.63) is 34.0 Å². The molecule has 0 aromatic carbocycles. The van der Waals surface area contributed by atoms with Crippen molar-refractivity contribution in [1.29, 1.82) is 0 Å². The van der Waals surface area contributed by atoms with Gasteiger partial charge in [0, 0.05) is 13.1 Å². The van der Waals surface area contributed by atoms with Gasteiger partial charge in [0.15, 0.2) is 0 Å². The fourth-order valence-corrected chi connectivity index (χ4v) is 4.50. The predicted molar refractivity (Wildman–Crippen MR) is 99.4 cm³/mol. The zero-order chi connectivity index (χ0) is 17.9. The highest BCUT2D eigenvalue weighted by molar-refractivity contribution is 7.13. The van der Waals surface area contributed by atoms with E-state index in [0.717, 1.165) is 42.8 Å². The Labute approximate surface area is 159 Å². The van der Waals surface area contributed by atoms with Crippen molar-refractivity contribution in [2.24, 2.45) is 0 Å². The summed E-state index contributed by atoms with van der Waals surface area (Å²) in [7, 11) is 0. The molecule has 4 heterocycles. The molecule has 136 valence electrons. The Morgan fingerprint density at radius 3 is 3.12 bits per heavy atom. The van der Waals surface area contributed by atoms with Crippen LogP contribution in [0.15, 0.2) is 21.9 Å². The maximum absolute atomic E-state index is 12.9. The molecule has 0 saturated carbocycles. The van der Waals surface area contributed by atoms with Crippen molar-refractivity contribution in [1.82, 2.24) is 24.7 Å². The van der Waals surface area contributed by atoms with Crippen molar-refractivity contribution in [2.75, 3.05) is 13.1 Å². The Hall–Kier alpha value is -2.13. The normalized spacial score (nSPS) is 17.6. The van der Waals surface area contributed by atoms with E-state index in [0.29, 0.717) is 23.2 Å². The van der Waals surface area contributed by atoms with E-state index in [9.17, 15) is 4.79 Å². The van der Waals surface area contributed by atoms with Gasteiger partial charge < -0.3 is 9.32 Å². The first-order valence-corrected chi connectivity index (χ1v) is 10.4. The lowest BCUT2D eigenvalue weighted by Gasteiger charge is -2.30. The second-order valence-electron chi connectivity index (χ2n) is 6.31. The molecule has 3 aromatic heterocycles. The van der Waals surface area contributed by atoms with Gasteiger partial charge in [0.2, 0.25) is 5.89 Å². The predicted octanol–water partition coefficient (Wildman–Crippen LogP) is 3.62. The number of carbonyl (C=O) groups is 1. The van der Waals surface area contributed by atoms with E-state index in [4.69, 9.17) is 4.42 Å². The number of carbonyl (C=O) groups excluding carboxylic acids is 1. The first kappa shape index (κ1) is 17.3. The molecule has 1 fully saturated rings. The molecule has 7 nitrogen and oxygen atoms in total. The summed E-state index contributed by atoms with van der Waals surface area (Å²) in [6, 6.07) is 3.92. The van der Waals surface area contributed by atoms with Gasteiger partial charge in [-0.2, -0.15) is 0 Å². The smallest absolute Gasteiger partial charge is 0.267 e. The van der Waals surface area contributed by atoms with Crippen LogP contribution >= 0.6 is 22.9 Å². The number of hydrogen-bond acceptors (Lipinski definition) is 8. The summed E-state index contributed by atoms with van der Waals surface area (Å²) in [6.07, 6.45) is 3.59. The van der Waals surface area contributed by atoms with E-state index in [-0.39, 0.29) is 11.8 Å². The van der Waals surface area contributed by atoms with Crippen molar-refractivity contribution in [3.63, 3.8) is 0 Å². The highest BCUT2D eigenvalue weighted by atomic mass is 32.1. The van der Waals surface area contributed by atoms with Gasteiger partial charge in [-0.05, 0) is 42.2 Å². The minimum Gasteiger partial charge on any atom is -0.420 e. The van der Waals surface area contributed by atoms with Gasteiger partial charge in [0.05, 0.1) is 16.5 Å². The average Bonchev–Trinajstić information content (AvgIpc) is 3.41. The van der Waals surface area contributed by atoms with Gasteiger partial charge in [-0.3, -0.25) is 4.79 Å². The van der Waals surface area contributed by atoms with Crippen LogP contribution in [-0.2, 0) is 6.42 Å². The van der Waals surface area contributed by atoms with Gasteiger partial charge in [-0.15, -0.1) is 26.6 Å². The molecule has 0 radical (unpaired) electrons. The topological polar surface area (TPSA) is 85.0 Å². The van der Waals surface area contributed by atoms with Gasteiger partial charge >= 0.3 is 0 Å². The highest BCUT2D eigenvalue weighted by Gasteiger charge is 2.31. The number of aryl methyl sites for hydroxylation is 1. The lowest BCUT2D eigenvalue weighted by molar-refractivity contribution is 0.0702. The molecule has 1 saturated heterocycles. The molecular formula is C17H19N5O2S2.